The molecule has 0 unspecified atom stereocenters. The van der Waals surface area contributed by atoms with E-state index in [1.807, 2.05) is 58.0 Å². The second kappa shape index (κ2) is 8.14. The van der Waals surface area contributed by atoms with Crippen LogP contribution in [0.1, 0.15) is 28.3 Å². The molecule has 3 heterocycles. The Balaban J connectivity index is 1.41. The lowest BCUT2D eigenvalue weighted by atomic mass is 10.1. The van der Waals surface area contributed by atoms with Gasteiger partial charge in [-0.05, 0) is 45.9 Å². The van der Waals surface area contributed by atoms with Crippen molar-refractivity contribution in [1.29, 1.82) is 0 Å². The molecule has 0 saturated heterocycles. The van der Waals surface area contributed by atoms with Crippen molar-refractivity contribution in [3.8, 4) is 17.4 Å². The van der Waals surface area contributed by atoms with Gasteiger partial charge in [-0.2, -0.15) is 5.10 Å². The minimum Gasteiger partial charge on any atom is -0.486 e. The molecule has 1 atom stereocenters. The SMILES string of the molecule is Cc1cc(C)nc(-n2nc(C)c(CC(=O)NC[C@@H]3COc4ccccc4O3)c2C)n1. The molecule has 1 amide bonds. The topological polar surface area (TPSA) is 91.2 Å². The molecule has 0 aliphatic carbocycles. The number of nitrogens with one attached hydrogen (secondary N) is 1. The molecule has 0 saturated carbocycles. The van der Waals surface area contributed by atoms with Gasteiger partial charge in [0.2, 0.25) is 5.91 Å². The van der Waals surface area contributed by atoms with Gasteiger partial charge in [0.05, 0.1) is 18.7 Å². The Bertz CT molecular complexity index is 1070. The minimum atomic E-state index is -0.225. The van der Waals surface area contributed by atoms with Gasteiger partial charge in [-0.25, -0.2) is 14.6 Å². The highest BCUT2D eigenvalue weighted by Gasteiger charge is 2.22. The van der Waals surface area contributed by atoms with Crippen LogP contribution in [0.5, 0.6) is 11.5 Å². The zero-order valence-electron chi connectivity index (χ0n) is 17.6. The van der Waals surface area contributed by atoms with E-state index < -0.39 is 0 Å². The Labute approximate surface area is 175 Å². The van der Waals surface area contributed by atoms with Crippen LogP contribution in [-0.4, -0.2) is 44.9 Å². The summed E-state index contributed by atoms with van der Waals surface area (Å²) in [7, 11) is 0. The fourth-order valence-electron chi connectivity index (χ4n) is 3.54. The van der Waals surface area contributed by atoms with Crippen LogP contribution in [0.25, 0.3) is 5.95 Å². The minimum absolute atomic E-state index is 0.0930. The van der Waals surface area contributed by atoms with Gasteiger partial charge in [-0.3, -0.25) is 4.79 Å². The summed E-state index contributed by atoms with van der Waals surface area (Å²) in [5.41, 5.74) is 4.28. The summed E-state index contributed by atoms with van der Waals surface area (Å²) < 4.78 is 13.3. The van der Waals surface area contributed by atoms with Crippen molar-refractivity contribution in [2.24, 2.45) is 0 Å². The van der Waals surface area contributed by atoms with Gasteiger partial charge >= 0.3 is 0 Å². The molecule has 156 valence electrons. The van der Waals surface area contributed by atoms with E-state index in [0.717, 1.165) is 34.1 Å². The smallest absolute Gasteiger partial charge is 0.251 e. The van der Waals surface area contributed by atoms with Crippen molar-refractivity contribution in [1.82, 2.24) is 25.1 Å². The van der Waals surface area contributed by atoms with Gasteiger partial charge in [0, 0.05) is 22.6 Å². The third-order valence-electron chi connectivity index (χ3n) is 5.03. The second-order valence-electron chi connectivity index (χ2n) is 7.49. The highest BCUT2D eigenvalue weighted by molar-refractivity contribution is 5.79. The number of fused-ring (bicyclic) bond motifs is 1. The molecular formula is C22H25N5O3. The number of aryl methyl sites for hydroxylation is 3. The number of carbonyl (C=O) groups excluding carboxylic acids is 1. The third-order valence-corrected chi connectivity index (χ3v) is 5.03. The molecule has 4 rings (SSSR count). The quantitative estimate of drug-likeness (QED) is 0.698. The van der Waals surface area contributed by atoms with Crippen LogP contribution in [-0.2, 0) is 11.2 Å². The van der Waals surface area contributed by atoms with Crippen LogP contribution in [0.3, 0.4) is 0 Å². The number of hydrogen-bond donors (Lipinski definition) is 1. The van der Waals surface area contributed by atoms with Crippen LogP contribution in [0.4, 0.5) is 0 Å². The first-order chi connectivity index (χ1) is 14.4. The van der Waals surface area contributed by atoms with E-state index in [9.17, 15) is 4.79 Å². The molecule has 0 spiro atoms. The van der Waals surface area contributed by atoms with Crippen LogP contribution < -0.4 is 14.8 Å². The fourth-order valence-corrected chi connectivity index (χ4v) is 3.54. The van der Waals surface area contributed by atoms with Crippen LogP contribution >= 0.6 is 0 Å². The first-order valence-corrected chi connectivity index (χ1v) is 9.93. The number of amides is 1. The number of rotatable bonds is 5. The number of aromatic nitrogens is 4. The van der Waals surface area contributed by atoms with Crippen molar-refractivity contribution in [3.63, 3.8) is 0 Å². The number of hydrogen-bond acceptors (Lipinski definition) is 6. The summed E-state index contributed by atoms with van der Waals surface area (Å²) in [6.07, 6.45) is 0.00420. The van der Waals surface area contributed by atoms with E-state index in [-0.39, 0.29) is 18.4 Å². The van der Waals surface area contributed by atoms with E-state index in [2.05, 4.69) is 20.4 Å². The van der Waals surface area contributed by atoms with Gasteiger partial charge < -0.3 is 14.8 Å². The molecule has 1 aromatic carbocycles. The first-order valence-electron chi connectivity index (χ1n) is 9.93. The largest absolute Gasteiger partial charge is 0.486 e. The predicted octanol–water partition coefficient (Wildman–Crippen LogP) is 2.39. The zero-order valence-corrected chi connectivity index (χ0v) is 17.6. The maximum atomic E-state index is 12.6. The summed E-state index contributed by atoms with van der Waals surface area (Å²) in [4.78, 5) is 21.5. The maximum absolute atomic E-state index is 12.6. The molecule has 8 nitrogen and oxygen atoms in total. The molecule has 1 N–H and O–H groups in total. The Morgan fingerprint density at radius 1 is 1.13 bits per heavy atom. The average molecular weight is 407 g/mol. The first kappa shape index (κ1) is 19.9. The molecule has 1 aliphatic heterocycles. The van der Waals surface area contributed by atoms with Crippen molar-refractivity contribution < 1.29 is 14.3 Å². The highest BCUT2D eigenvalue weighted by atomic mass is 16.6. The number of ether oxygens (including phenoxy) is 2. The number of nitrogens with zero attached hydrogens (tertiary/aromatic N) is 4. The predicted molar refractivity (Wildman–Crippen MR) is 111 cm³/mol. The molecule has 0 fully saturated rings. The van der Waals surface area contributed by atoms with E-state index in [1.54, 1.807) is 4.68 Å². The fraction of sp³-hybridized carbons (Fsp3) is 0.364. The molecule has 0 radical (unpaired) electrons. The van der Waals surface area contributed by atoms with Gasteiger partial charge in [0.25, 0.3) is 5.95 Å². The normalized spacial score (nSPS) is 15.1. The van der Waals surface area contributed by atoms with Gasteiger partial charge in [0.1, 0.15) is 12.7 Å². The zero-order chi connectivity index (χ0) is 21.3. The number of para-hydroxylation sites is 2. The summed E-state index contributed by atoms with van der Waals surface area (Å²) in [5.74, 6) is 1.85. The monoisotopic (exact) mass is 407 g/mol. The summed E-state index contributed by atoms with van der Waals surface area (Å²) in [5, 5.41) is 7.50. The van der Waals surface area contributed by atoms with Crippen molar-refractivity contribution in [3.05, 3.63) is 58.7 Å². The van der Waals surface area contributed by atoms with Crippen molar-refractivity contribution in [2.45, 2.75) is 40.2 Å². The Morgan fingerprint density at radius 2 is 1.83 bits per heavy atom. The Hall–Kier alpha value is -3.42. The summed E-state index contributed by atoms with van der Waals surface area (Å²) in [6.45, 7) is 8.45. The highest BCUT2D eigenvalue weighted by Crippen LogP contribution is 2.30. The van der Waals surface area contributed by atoms with Crippen LogP contribution in [0.2, 0.25) is 0 Å². The van der Waals surface area contributed by atoms with Gasteiger partial charge in [0.15, 0.2) is 11.5 Å². The molecule has 1 aliphatic rings. The molecule has 30 heavy (non-hydrogen) atoms. The van der Waals surface area contributed by atoms with Crippen molar-refractivity contribution in [2.75, 3.05) is 13.2 Å². The standard InChI is InChI=1S/C22H25N5O3/c1-13-9-14(2)25-22(24-13)27-16(4)18(15(3)26-27)10-21(28)23-11-17-12-29-19-7-5-6-8-20(19)30-17/h5-9,17H,10-12H2,1-4H3,(H,23,28)/t17-/m1/s1. The summed E-state index contributed by atoms with van der Waals surface area (Å²) in [6, 6.07) is 9.44. The van der Waals surface area contributed by atoms with E-state index >= 15 is 0 Å². The second-order valence-corrected chi connectivity index (χ2v) is 7.49. The van der Waals surface area contributed by atoms with Gasteiger partial charge in [-0.15, -0.1) is 0 Å². The molecular weight excluding hydrogens is 382 g/mol. The van der Waals surface area contributed by atoms with Gasteiger partial charge in [-0.1, -0.05) is 12.1 Å². The van der Waals surface area contributed by atoms with E-state index in [1.165, 1.54) is 0 Å². The number of benzene rings is 1. The van der Waals surface area contributed by atoms with Crippen molar-refractivity contribution >= 4 is 5.91 Å². The van der Waals surface area contributed by atoms with E-state index in [4.69, 9.17) is 9.47 Å². The lowest BCUT2D eigenvalue weighted by Gasteiger charge is -2.26. The number of carbonyl (C=O) groups is 1. The lowest BCUT2D eigenvalue weighted by Crippen LogP contribution is -2.41. The maximum Gasteiger partial charge on any atom is 0.251 e. The molecule has 0 bridgehead atoms. The molecule has 2 aromatic heterocycles. The molecule has 3 aromatic rings. The Kier molecular flexibility index (Phi) is 5.39. The lowest BCUT2D eigenvalue weighted by molar-refractivity contribution is -0.121. The summed E-state index contributed by atoms with van der Waals surface area (Å²) >= 11 is 0. The van der Waals surface area contributed by atoms with Crippen LogP contribution in [0, 0.1) is 27.7 Å². The van der Waals surface area contributed by atoms with E-state index in [0.29, 0.717) is 24.8 Å². The van der Waals surface area contributed by atoms with Crippen LogP contribution in [0.15, 0.2) is 30.3 Å². The molecule has 8 heteroatoms. The Morgan fingerprint density at radius 3 is 2.57 bits per heavy atom. The average Bonchev–Trinajstić information content (AvgIpc) is 2.99. The third kappa shape index (κ3) is 4.12.